The van der Waals surface area contributed by atoms with Crippen LogP contribution in [0.25, 0.3) is 6.08 Å². The van der Waals surface area contributed by atoms with Crippen molar-refractivity contribution in [3.63, 3.8) is 0 Å². The number of nitrogens with zero attached hydrogens (tertiary/aromatic N) is 1. The zero-order valence-corrected chi connectivity index (χ0v) is 22.1. The summed E-state index contributed by atoms with van der Waals surface area (Å²) in [6, 6.07) is 18.3. The lowest BCUT2D eigenvalue weighted by Gasteiger charge is -2.13. The first kappa shape index (κ1) is 26.4. The van der Waals surface area contributed by atoms with Gasteiger partial charge in [-0.2, -0.15) is 0 Å². The molecule has 1 aliphatic rings. The molecule has 3 aromatic rings. The minimum absolute atomic E-state index is 0.175. The predicted molar refractivity (Wildman–Crippen MR) is 144 cm³/mol. The van der Waals surface area contributed by atoms with Crippen molar-refractivity contribution < 1.29 is 28.2 Å². The van der Waals surface area contributed by atoms with Gasteiger partial charge >= 0.3 is 0 Å². The number of hydrogen-bond donors (Lipinski definition) is 1. The molecule has 1 fully saturated rings. The van der Waals surface area contributed by atoms with E-state index in [9.17, 15) is 18.8 Å². The average molecular weight is 585 g/mol. The van der Waals surface area contributed by atoms with E-state index in [1.54, 1.807) is 24.3 Å². The van der Waals surface area contributed by atoms with Gasteiger partial charge in [0.15, 0.2) is 11.5 Å². The normalized spacial score (nSPS) is 14.2. The number of halogens is 2. The van der Waals surface area contributed by atoms with Gasteiger partial charge in [0.1, 0.15) is 19.0 Å². The Morgan fingerprint density at radius 3 is 2.57 bits per heavy atom. The van der Waals surface area contributed by atoms with Gasteiger partial charge in [0, 0.05) is 10.2 Å². The van der Waals surface area contributed by atoms with E-state index in [2.05, 4.69) is 21.2 Å². The molecule has 1 heterocycles. The van der Waals surface area contributed by atoms with Crippen LogP contribution >= 0.6 is 27.7 Å². The Labute approximate surface area is 225 Å². The van der Waals surface area contributed by atoms with Crippen molar-refractivity contribution in [2.75, 3.05) is 18.5 Å². The molecule has 1 aliphatic heterocycles. The summed E-state index contributed by atoms with van der Waals surface area (Å²) in [4.78, 5) is 38.6. The Hall–Kier alpha value is -3.63. The lowest BCUT2D eigenvalue weighted by molar-refractivity contribution is -0.127. The highest BCUT2D eigenvalue weighted by Gasteiger charge is 2.36. The molecule has 37 heavy (non-hydrogen) atoms. The Morgan fingerprint density at radius 1 is 1.05 bits per heavy atom. The van der Waals surface area contributed by atoms with Gasteiger partial charge in [-0.1, -0.05) is 40.2 Å². The Balaban J connectivity index is 1.44. The van der Waals surface area contributed by atoms with Crippen molar-refractivity contribution in [2.24, 2.45) is 0 Å². The number of amides is 3. The highest BCUT2D eigenvalue weighted by molar-refractivity contribution is 9.10. The van der Waals surface area contributed by atoms with Gasteiger partial charge in [-0.15, -0.1) is 0 Å². The minimum atomic E-state index is -0.611. The van der Waals surface area contributed by atoms with E-state index in [0.29, 0.717) is 30.3 Å². The van der Waals surface area contributed by atoms with Crippen LogP contribution in [0.3, 0.4) is 0 Å². The number of thioether (sulfide) groups is 1. The molecule has 0 spiro atoms. The van der Waals surface area contributed by atoms with Crippen LogP contribution in [0.15, 0.2) is 76.1 Å². The lowest BCUT2D eigenvalue weighted by atomic mass is 10.1. The third-order valence-electron chi connectivity index (χ3n) is 5.16. The molecule has 0 radical (unpaired) electrons. The van der Waals surface area contributed by atoms with E-state index in [1.807, 2.05) is 31.2 Å². The van der Waals surface area contributed by atoms with Crippen LogP contribution in [0.1, 0.15) is 18.1 Å². The van der Waals surface area contributed by atoms with Crippen LogP contribution < -0.4 is 14.8 Å². The third-order valence-corrected chi connectivity index (χ3v) is 6.59. The second-order valence-corrected chi connectivity index (χ2v) is 9.79. The molecular formula is C27H22BrFN2O5S. The topological polar surface area (TPSA) is 84.9 Å². The third kappa shape index (κ3) is 6.99. The number of imide groups is 1. The lowest BCUT2D eigenvalue weighted by Crippen LogP contribution is -2.36. The van der Waals surface area contributed by atoms with Crippen LogP contribution in [-0.4, -0.2) is 35.1 Å². The van der Waals surface area contributed by atoms with Crippen molar-refractivity contribution in [3.05, 3.63) is 93.1 Å². The van der Waals surface area contributed by atoms with Gasteiger partial charge in [-0.3, -0.25) is 19.3 Å². The smallest absolute Gasteiger partial charge is 0.294 e. The van der Waals surface area contributed by atoms with Crippen LogP contribution in [0.4, 0.5) is 14.9 Å². The number of hydrogen-bond acceptors (Lipinski definition) is 6. The molecule has 0 aromatic heterocycles. The first-order valence-electron chi connectivity index (χ1n) is 11.3. The van der Waals surface area contributed by atoms with E-state index in [4.69, 9.17) is 9.47 Å². The van der Waals surface area contributed by atoms with Gasteiger partial charge in [-0.25, -0.2) is 4.39 Å². The number of carbonyl (C=O) groups is 3. The molecule has 0 unspecified atom stereocenters. The van der Waals surface area contributed by atoms with Crippen molar-refractivity contribution in [3.8, 4) is 11.5 Å². The fourth-order valence-corrected chi connectivity index (χ4v) is 4.54. The largest absolute Gasteiger partial charge is 0.490 e. The Morgan fingerprint density at radius 2 is 1.84 bits per heavy atom. The van der Waals surface area contributed by atoms with Crippen LogP contribution in [0.2, 0.25) is 0 Å². The fraction of sp³-hybridized carbons (Fsp3) is 0.148. The van der Waals surface area contributed by atoms with E-state index in [0.717, 1.165) is 32.8 Å². The summed E-state index contributed by atoms with van der Waals surface area (Å²) in [7, 11) is 0. The highest BCUT2D eigenvalue weighted by atomic mass is 79.9. The van der Waals surface area contributed by atoms with Gasteiger partial charge in [0.05, 0.1) is 11.5 Å². The zero-order valence-electron chi connectivity index (χ0n) is 19.7. The molecule has 3 amide bonds. The zero-order chi connectivity index (χ0) is 26.4. The summed E-state index contributed by atoms with van der Waals surface area (Å²) < 4.78 is 26.0. The predicted octanol–water partition coefficient (Wildman–Crippen LogP) is 6.24. The van der Waals surface area contributed by atoms with Crippen molar-refractivity contribution in [1.29, 1.82) is 0 Å². The molecule has 1 N–H and O–H groups in total. The Bertz CT molecular complexity index is 1360. The number of rotatable bonds is 9. The SMILES string of the molecule is CCOc1cc(/C=C2/SC(=O)N(CC(=O)Nc3cccc(F)c3)C2=O)ccc1OCc1ccc(Br)cc1. The number of ether oxygens (including phenoxy) is 2. The summed E-state index contributed by atoms with van der Waals surface area (Å²) in [6.45, 7) is 2.13. The maximum Gasteiger partial charge on any atom is 0.294 e. The molecule has 190 valence electrons. The molecule has 7 nitrogen and oxygen atoms in total. The van der Waals surface area contributed by atoms with Gasteiger partial charge < -0.3 is 14.8 Å². The average Bonchev–Trinajstić information content (AvgIpc) is 3.12. The maximum absolute atomic E-state index is 13.3. The summed E-state index contributed by atoms with van der Waals surface area (Å²) in [5.74, 6) is -0.660. The molecule has 0 atom stereocenters. The van der Waals surface area contributed by atoms with Gasteiger partial charge in [0.25, 0.3) is 11.1 Å². The second-order valence-electron chi connectivity index (χ2n) is 7.88. The monoisotopic (exact) mass is 584 g/mol. The number of anilines is 1. The molecule has 0 bridgehead atoms. The number of carbonyl (C=O) groups excluding carboxylic acids is 3. The van der Waals surface area contributed by atoms with Crippen molar-refractivity contribution in [2.45, 2.75) is 13.5 Å². The quantitative estimate of drug-likeness (QED) is 0.300. The fourth-order valence-electron chi connectivity index (χ4n) is 3.44. The summed E-state index contributed by atoms with van der Waals surface area (Å²) in [6.07, 6.45) is 1.57. The second kappa shape index (κ2) is 12.1. The van der Waals surface area contributed by atoms with E-state index < -0.39 is 29.4 Å². The molecule has 3 aromatic carbocycles. The van der Waals surface area contributed by atoms with Crippen LogP contribution in [0.5, 0.6) is 11.5 Å². The standard InChI is InChI=1S/C27H22BrFN2O5S/c1-2-35-23-12-18(8-11-22(23)36-16-17-6-9-19(28)10-7-17)13-24-26(33)31(27(34)37-24)15-25(32)30-21-5-3-4-20(29)14-21/h3-14H,2,15-16H2,1H3,(H,30,32)/b24-13+. The summed E-state index contributed by atoms with van der Waals surface area (Å²) in [5.41, 5.74) is 1.86. The number of benzene rings is 3. The van der Waals surface area contributed by atoms with Gasteiger partial charge in [0.2, 0.25) is 5.91 Å². The van der Waals surface area contributed by atoms with E-state index in [1.165, 1.54) is 18.2 Å². The number of nitrogens with one attached hydrogen (secondary N) is 1. The molecule has 4 rings (SSSR count). The molecule has 10 heteroatoms. The van der Waals surface area contributed by atoms with E-state index in [-0.39, 0.29) is 10.6 Å². The molecular weight excluding hydrogens is 563 g/mol. The van der Waals surface area contributed by atoms with E-state index >= 15 is 0 Å². The highest BCUT2D eigenvalue weighted by Crippen LogP contribution is 2.35. The van der Waals surface area contributed by atoms with Crippen LogP contribution in [0, 0.1) is 5.82 Å². The molecule has 0 aliphatic carbocycles. The van der Waals surface area contributed by atoms with Gasteiger partial charge in [-0.05, 0) is 78.4 Å². The first-order chi connectivity index (χ1) is 17.8. The minimum Gasteiger partial charge on any atom is -0.490 e. The van der Waals surface area contributed by atoms with Crippen LogP contribution in [-0.2, 0) is 16.2 Å². The summed E-state index contributed by atoms with van der Waals surface area (Å²) in [5, 5.41) is 1.92. The maximum atomic E-state index is 13.3. The summed E-state index contributed by atoms with van der Waals surface area (Å²) >= 11 is 4.15. The van der Waals surface area contributed by atoms with Crippen molar-refractivity contribution >= 4 is 56.5 Å². The first-order valence-corrected chi connectivity index (χ1v) is 12.9. The Kier molecular flexibility index (Phi) is 8.62. The molecule has 1 saturated heterocycles. The van der Waals surface area contributed by atoms with Crippen molar-refractivity contribution in [1.82, 2.24) is 4.90 Å². The molecule has 0 saturated carbocycles.